The number of amides is 1. The van der Waals surface area contributed by atoms with Crippen LogP contribution in [0.1, 0.15) is 31.4 Å². The van der Waals surface area contributed by atoms with Gasteiger partial charge >= 0.3 is 0 Å². The second-order valence-electron chi connectivity index (χ2n) is 8.13. The molecule has 148 valence electrons. The molecule has 6 nitrogen and oxygen atoms in total. The van der Waals surface area contributed by atoms with Crippen LogP contribution in [0, 0.1) is 12.8 Å². The van der Waals surface area contributed by atoms with E-state index in [1.165, 1.54) is 0 Å². The summed E-state index contributed by atoms with van der Waals surface area (Å²) in [5.74, 6) is 1.57. The SMILES string of the molecule is Cc1cccc(N2CCN(C(=O)C3CCCN(C4CCOCC4)C3)CC2)n1. The van der Waals surface area contributed by atoms with Crippen LogP contribution in [0.15, 0.2) is 18.2 Å². The van der Waals surface area contributed by atoms with Crippen molar-refractivity contribution in [3.8, 4) is 0 Å². The van der Waals surface area contributed by atoms with Gasteiger partial charge in [0, 0.05) is 57.7 Å². The Kier molecular flexibility index (Phi) is 5.93. The predicted octanol–water partition coefficient (Wildman–Crippen LogP) is 1.93. The van der Waals surface area contributed by atoms with E-state index >= 15 is 0 Å². The van der Waals surface area contributed by atoms with Crippen molar-refractivity contribution < 1.29 is 9.53 Å². The molecule has 0 aliphatic carbocycles. The summed E-state index contributed by atoms with van der Waals surface area (Å²) in [4.78, 5) is 24.7. The molecule has 1 unspecified atom stereocenters. The van der Waals surface area contributed by atoms with E-state index in [1.54, 1.807) is 0 Å². The van der Waals surface area contributed by atoms with E-state index in [-0.39, 0.29) is 5.92 Å². The van der Waals surface area contributed by atoms with Gasteiger partial charge in [-0.1, -0.05) is 6.07 Å². The maximum Gasteiger partial charge on any atom is 0.227 e. The minimum atomic E-state index is 0.172. The molecule has 4 rings (SSSR count). The fraction of sp³-hybridized carbons (Fsp3) is 0.714. The molecule has 3 fully saturated rings. The number of anilines is 1. The van der Waals surface area contributed by atoms with Crippen molar-refractivity contribution >= 4 is 11.7 Å². The number of nitrogens with zero attached hydrogens (tertiary/aromatic N) is 4. The van der Waals surface area contributed by atoms with Gasteiger partial charge < -0.3 is 14.5 Å². The molecule has 0 radical (unpaired) electrons. The maximum atomic E-state index is 13.1. The van der Waals surface area contributed by atoms with Crippen molar-refractivity contribution in [1.82, 2.24) is 14.8 Å². The van der Waals surface area contributed by atoms with Gasteiger partial charge in [0.15, 0.2) is 0 Å². The Morgan fingerprint density at radius 2 is 1.85 bits per heavy atom. The van der Waals surface area contributed by atoms with Crippen molar-refractivity contribution in [3.05, 3.63) is 23.9 Å². The first kappa shape index (κ1) is 18.7. The third-order valence-corrected chi connectivity index (χ3v) is 6.30. The maximum absolute atomic E-state index is 13.1. The smallest absolute Gasteiger partial charge is 0.227 e. The Labute approximate surface area is 162 Å². The number of hydrogen-bond donors (Lipinski definition) is 0. The topological polar surface area (TPSA) is 48.9 Å². The molecule has 0 saturated carbocycles. The molecule has 3 saturated heterocycles. The number of piperazine rings is 1. The monoisotopic (exact) mass is 372 g/mol. The van der Waals surface area contributed by atoms with Crippen molar-refractivity contribution in [3.63, 3.8) is 0 Å². The summed E-state index contributed by atoms with van der Waals surface area (Å²) in [6.45, 7) is 9.20. The Morgan fingerprint density at radius 1 is 1.07 bits per heavy atom. The van der Waals surface area contributed by atoms with Gasteiger partial charge in [-0.2, -0.15) is 0 Å². The zero-order chi connectivity index (χ0) is 18.6. The number of hydrogen-bond acceptors (Lipinski definition) is 5. The lowest BCUT2D eigenvalue weighted by Crippen LogP contribution is -2.54. The predicted molar refractivity (Wildman–Crippen MR) is 106 cm³/mol. The number of piperidine rings is 1. The van der Waals surface area contributed by atoms with Crippen molar-refractivity contribution in [2.24, 2.45) is 5.92 Å². The molecule has 3 aliphatic heterocycles. The molecular weight excluding hydrogens is 340 g/mol. The van der Waals surface area contributed by atoms with Crippen LogP contribution in [0.3, 0.4) is 0 Å². The van der Waals surface area contributed by atoms with E-state index in [4.69, 9.17) is 4.74 Å². The van der Waals surface area contributed by atoms with Crippen LogP contribution in [0.5, 0.6) is 0 Å². The molecular formula is C21H32N4O2. The van der Waals surface area contributed by atoms with E-state index in [0.29, 0.717) is 11.9 Å². The van der Waals surface area contributed by atoms with Gasteiger partial charge in [-0.25, -0.2) is 4.98 Å². The first-order valence-electron chi connectivity index (χ1n) is 10.5. The molecule has 4 heterocycles. The van der Waals surface area contributed by atoms with E-state index in [9.17, 15) is 4.79 Å². The molecule has 0 aromatic carbocycles. The van der Waals surface area contributed by atoms with Crippen molar-refractivity contribution in [1.29, 1.82) is 0 Å². The number of pyridine rings is 1. The highest BCUT2D eigenvalue weighted by molar-refractivity contribution is 5.79. The number of likely N-dealkylation sites (tertiary alicyclic amines) is 1. The van der Waals surface area contributed by atoms with E-state index in [1.807, 2.05) is 13.0 Å². The van der Waals surface area contributed by atoms with Crippen LogP contribution in [-0.2, 0) is 9.53 Å². The molecule has 0 spiro atoms. The van der Waals surface area contributed by atoms with Crippen LogP contribution >= 0.6 is 0 Å². The fourth-order valence-electron chi connectivity index (χ4n) is 4.71. The fourth-order valence-corrected chi connectivity index (χ4v) is 4.71. The first-order chi connectivity index (χ1) is 13.2. The van der Waals surface area contributed by atoms with E-state index in [0.717, 1.165) is 89.7 Å². The summed E-state index contributed by atoms with van der Waals surface area (Å²) >= 11 is 0. The molecule has 0 N–H and O–H groups in total. The highest BCUT2D eigenvalue weighted by Crippen LogP contribution is 2.25. The number of aryl methyl sites for hydroxylation is 1. The third-order valence-electron chi connectivity index (χ3n) is 6.30. The third kappa shape index (κ3) is 4.43. The number of ether oxygens (including phenoxy) is 1. The molecule has 6 heteroatoms. The van der Waals surface area contributed by atoms with Gasteiger partial charge in [-0.15, -0.1) is 0 Å². The summed E-state index contributed by atoms with van der Waals surface area (Å²) in [5, 5.41) is 0. The number of rotatable bonds is 3. The Bertz CT molecular complexity index is 639. The average Bonchev–Trinajstić information content (AvgIpc) is 2.74. The van der Waals surface area contributed by atoms with Crippen LogP contribution in [0.25, 0.3) is 0 Å². The van der Waals surface area contributed by atoms with E-state index < -0.39 is 0 Å². The van der Waals surface area contributed by atoms with Gasteiger partial charge in [0.05, 0.1) is 5.92 Å². The summed E-state index contributed by atoms with van der Waals surface area (Å²) in [5.41, 5.74) is 1.04. The van der Waals surface area contributed by atoms with Crippen molar-refractivity contribution in [2.75, 3.05) is 57.4 Å². The minimum Gasteiger partial charge on any atom is -0.381 e. The molecule has 1 amide bonds. The Morgan fingerprint density at radius 3 is 2.59 bits per heavy atom. The van der Waals surface area contributed by atoms with Crippen molar-refractivity contribution in [2.45, 2.75) is 38.6 Å². The minimum absolute atomic E-state index is 0.172. The largest absolute Gasteiger partial charge is 0.381 e. The summed E-state index contributed by atoms with van der Waals surface area (Å²) in [6.07, 6.45) is 4.41. The second-order valence-corrected chi connectivity index (χ2v) is 8.13. The van der Waals surface area contributed by atoms with Gasteiger partial charge in [0.1, 0.15) is 5.82 Å². The molecule has 1 aromatic rings. The number of carbonyl (C=O) groups excluding carboxylic acids is 1. The highest BCUT2D eigenvalue weighted by atomic mass is 16.5. The molecule has 27 heavy (non-hydrogen) atoms. The zero-order valence-corrected chi connectivity index (χ0v) is 16.5. The normalized spacial score (nSPS) is 25.6. The average molecular weight is 373 g/mol. The van der Waals surface area contributed by atoms with Crippen LogP contribution < -0.4 is 4.90 Å². The summed E-state index contributed by atoms with van der Waals surface area (Å²) in [7, 11) is 0. The molecule has 1 aromatic heterocycles. The number of aromatic nitrogens is 1. The quantitative estimate of drug-likeness (QED) is 0.811. The van der Waals surface area contributed by atoms with Gasteiger partial charge in [-0.3, -0.25) is 9.69 Å². The van der Waals surface area contributed by atoms with Crippen LogP contribution in [0.2, 0.25) is 0 Å². The standard InChI is InChI=1S/C21H32N4O2/c1-17-4-2-6-20(22-17)23-10-12-24(13-11-23)21(26)18-5-3-9-25(16-18)19-7-14-27-15-8-19/h2,4,6,18-19H,3,5,7-16H2,1H3. The Hall–Kier alpha value is -1.66. The lowest BCUT2D eigenvalue weighted by Gasteiger charge is -2.42. The first-order valence-corrected chi connectivity index (χ1v) is 10.5. The van der Waals surface area contributed by atoms with Crippen LogP contribution in [-0.4, -0.2) is 79.2 Å². The molecule has 3 aliphatic rings. The van der Waals surface area contributed by atoms with Gasteiger partial charge in [0.25, 0.3) is 0 Å². The molecule has 1 atom stereocenters. The zero-order valence-electron chi connectivity index (χ0n) is 16.5. The summed E-state index contributed by atoms with van der Waals surface area (Å²) in [6, 6.07) is 6.76. The highest BCUT2D eigenvalue weighted by Gasteiger charge is 2.33. The summed E-state index contributed by atoms with van der Waals surface area (Å²) < 4.78 is 5.50. The molecule has 0 bridgehead atoms. The lowest BCUT2D eigenvalue weighted by atomic mass is 9.93. The Balaban J connectivity index is 1.31. The van der Waals surface area contributed by atoms with E-state index in [2.05, 4.69) is 31.8 Å². The number of carbonyl (C=O) groups is 1. The van der Waals surface area contributed by atoms with Gasteiger partial charge in [-0.05, 0) is 51.3 Å². The van der Waals surface area contributed by atoms with Crippen LogP contribution in [0.4, 0.5) is 5.82 Å². The van der Waals surface area contributed by atoms with Gasteiger partial charge in [0.2, 0.25) is 5.91 Å². The lowest BCUT2D eigenvalue weighted by molar-refractivity contribution is -0.138. The second kappa shape index (κ2) is 8.57.